The molecule has 1 saturated heterocycles. The summed E-state index contributed by atoms with van der Waals surface area (Å²) in [7, 11) is -3.40. The molecule has 3 aromatic rings. The fourth-order valence-corrected chi connectivity index (χ4v) is 5.84. The zero-order valence-electron chi connectivity index (χ0n) is 16.9. The third-order valence-electron chi connectivity index (χ3n) is 4.86. The van der Waals surface area contributed by atoms with E-state index in [1.54, 1.807) is 18.2 Å². The van der Waals surface area contributed by atoms with Gasteiger partial charge in [0.25, 0.3) is 11.8 Å². The van der Waals surface area contributed by atoms with Crippen molar-refractivity contribution in [2.75, 3.05) is 27.2 Å². The first-order valence-corrected chi connectivity index (χ1v) is 12.3. The highest BCUT2D eigenvalue weighted by Crippen LogP contribution is 2.31. The molecular formula is C21H21N5O4S2. The van der Waals surface area contributed by atoms with Gasteiger partial charge in [0.15, 0.2) is 10.8 Å². The number of sulfonamides is 1. The first-order chi connectivity index (χ1) is 15.3. The van der Waals surface area contributed by atoms with Gasteiger partial charge < -0.3 is 16.4 Å². The Hall–Kier alpha value is -3.44. The lowest BCUT2D eigenvalue weighted by Crippen LogP contribution is -2.37. The molecule has 0 radical (unpaired) electrons. The average Bonchev–Trinajstić information content (AvgIpc) is 3.16. The summed E-state index contributed by atoms with van der Waals surface area (Å²) in [6.45, 7) is 0.378. The number of nitrogens with one attached hydrogen (secondary N) is 2. The summed E-state index contributed by atoms with van der Waals surface area (Å²) in [6.07, 6.45) is 1.38. The van der Waals surface area contributed by atoms with Crippen molar-refractivity contribution in [2.45, 2.75) is 12.8 Å². The second-order valence-electron chi connectivity index (χ2n) is 7.15. The number of hydrogen-bond acceptors (Lipinski definition) is 7. The van der Waals surface area contributed by atoms with Crippen LogP contribution in [-0.2, 0) is 10.0 Å². The zero-order chi connectivity index (χ0) is 22.7. The summed E-state index contributed by atoms with van der Waals surface area (Å²) >= 11 is 1.08. The maximum absolute atomic E-state index is 12.9. The molecule has 0 aliphatic carbocycles. The number of primary amides is 1. The van der Waals surface area contributed by atoms with Crippen LogP contribution in [-0.4, -0.2) is 37.5 Å². The summed E-state index contributed by atoms with van der Waals surface area (Å²) in [5.74, 6) is -1.19. The molecule has 2 aromatic carbocycles. The molecule has 1 aliphatic rings. The van der Waals surface area contributed by atoms with Crippen molar-refractivity contribution in [1.29, 1.82) is 0 Å². The third kappa shape index (κ3) is 4.73. The molecule has 11 heteroatoms. The number of thiazole rings is 1. The van der Waals surface area contributed by atoms with Gasteiger partial charge in [0.05, 0.1) is 11.4 Å². The van der Waals surface area contributed by atoms with Gasteiger partial charge in [0, 0.05) is 17.8 Å². The monoisotopic (exact) mass is 471 g/mol. The number of nitrogens with zero attached hydrogens (tertiary/aromatic N) is 2. The van der Waals surface area contributed by atoms with Gasteiger partial charge in [-0.3, -0.25) is 13.9 Å². The smallest absolute Gasteiger partial charge is 0.270 e. The normalized spacial score (nSPS) is 15.2. The van der Waals surface area contributed by atoms with Crippen LogP contribution in [0.4, 0.5) is 21.5 Å². The van der Waals surface area contributed by atoms with Gasteiger partial charge in [-0.25, -0.2) is 13.4 Å². The molecule has 0 saturated carbocycles. The SMILES string of the molecule is NC(=O)c1nc(Nc2ccccc2)sc1NC(=O)c1cccc(N2CCCCS2(=O)=O)c1. The molecule has 0 atom stereocenters. The number of hydrogen-bond donors (Lipinski definition) is 3. The molecule has 2 heterocycles. The highest BCUT2D eigenvalue weighted by atomic mass is 32.2. The van der Waals surface area contributed by atoms with Gasteiger partial charge in [-0.05, 0) is 43.2 Å². The fraction of sp³-hybridized carbons (Fsp3) is 0.190. The number of amides is 2. The van der Waals surface area contributed by atoms with Gasteiger partial charge in [-0.1, -0.05) is 35.6 Å². The van der Waals surface area contributed by atoms with Crippen molar-refractivity contribution in [3.63, 3.8) is 0 Å². The second-order valence-corrected chi connectivity index (χ2v) is 10.2. The number of nitrogens with two attached hydrogens (primary N) is 1. The van der Waals surface area contributed by atoms with E-state index >= 15 is 0 Å². The first-order valence-electron chi connectivity index (χ1n) is 9.88. The minimum atomic E-state index is -3.40. The van der Waals surface area contributed by atoms with Gasteiger partial charge in [0.2, 0.25) is 10.0 Å². The van der Waals surface area contributed by atoms with Gasteiger partial charge in [-0.2, -0.15) is 0 Å². The molecular weight excluding hydrogens is 450 g/mol. The molecule has 32 heavy (non-hydrogen) atoms. The van der Waals surface area contributed by atoms with Crippen LogP contribution in [0.5, 0.6) is 0 Å². The van der Waals surface area contributed by atoms with Crippen LogP contribution < -0.4 is 20.7 Å². The lowest BCUT2D eigenvalue weighted by atomic mass is 10.2. The van der Waals surface area contributed by atoms with Crippen molar-refractivity contribution in [2.24, 2.45) is 5.73 Å². The van der Waals surface area contributed by atoms with Gasteiger partial charge in [0.1, 0.15) is 5.00 Å². The van der Waals surface area contributed by atoms with Crippen molar-refractivity contribution < 1.29 is 18.0 Å². The number of rotatable bonds is 6. The van der Waals surface area contributed by atoms with E-state index in [4.69, 9.17) is 5.73 Å². The number of carbonyl (C=O) groups excluding carboxylic acids is 2. The third-order valence-corrected chi connectivity index (χ3v) is 7.61. The quantitative estimate of drug-likeness (QED) is 0.505. The summed E-state index contributed by atoms with van der Waals surface area (Å²) in [4.78, 5) is 28.9. The van der Waals surface area contributed by atoms with Crippen LogP contribution in [0.15, 0.2) is 54.6 Å². The second kappa shape index (κ2) is 8.97. The number of carbonyl (C=O) groups is 2. The Morgan fingerprint density at radius 3 is 2.56 bits per heavy atom. The molecule has 166 valence electrons. The molecule has 0 bridgehead atoms. The molecule has 0 spiro atoms. The van der Waals surface area contributed by atoms with E-state index in [0.29, 0.717) is 23.8 Å². The molecule has 1 aromatic heterocycles. The van der Waals surface area contributed by atoms with Crippen LogP contribution in [0, 0.1) is 0 Å². The molecule has 2 amide bonds. The van der Waals surface area contributed by atoms with E-state index in [0.717, 1.165) is 23.4 Å². The maximum Gasteiger partial charge on any atom is 0.270 e. The molecule has 4 N–H and O–H groups in total. The van der Waals surface area contributed by atoms with Crippen LogP contribution in [0.25, 0.3) is 0 Å². The number of anilines is 4. The lowest BCUT2D eigenvalue weighted by molar-refractivity contribution is 0.0997. The summed E-state index contributed by atoms with van der Waals surface area (Å²) < 4.78 is 26.1. The number of para-hydroxylation sites is 1. The fourth-order valence-electron chi connectivity index (χ4n) is 3.33. The molecule has 4 rings (SSSR count). The highest BCUT2D eigenvalue weighted by molar-refractivity contribution is 7.92. The molecule has 1 aliphatic heterocycles. The summed E-state index contributed by atoms with van der Waals surface area (Å²) in [5, 5.41) is 6.34. The van der Waals surface area contributed by atoms with E-state index < -0.39 is 21.8 Å². The predicted octanol–water partition coefficient (Wildman–Crippen LogP) is 3.17. The largest absolute Gasteiger partial charge is 0.364 e. The summed E-state index contributed by atoms with van der Waals surface area (Å²) in [5.41, 5.74) is 6.84. The van der Waals surface area contributed by atoms with E-state index in [1.807, 2.05) is 30.3 Å². The van der Waals surface area contributed by atoms with Crippen LogP contribution in [0.2, 0.25) is 0 Å². The highest BCUT2D eigenvalue weighted by Gasteiger charge is 2.26. The van der Waals surface area contributed by atoms with E-state index in [-0.39, 0.29) is 22.0 Å². The van der Waals surface area contributed by atoms with Crippen LogP contribution in [0.3, 0.4) is 0 Å². The van der Waals surface area contributed by atoms with Gasteiger partial charge >= 0.3 is 0 Å². The van der Waals surface area contributed by atoms with Gasteiger partial charge in [-0.15, -0.1) is 0 Å². The molecule has 0 unspecified atom stereocenters. The standard InChI is InChI=1S/C21H21N5O4S2/c22-18(27)17-20(31-21(24-17)23-15-8-2-1-3-9-15)25-19(28)14-7-6-10-16(13-14)26-11-4-5-12-32(26,29)30/h1-3,6-10,13H,4-5,11-12H2,(H2,22,27)(H,23,24)(H,25,28). The first kappa shape index (κ1) is 21.8. The van der Waals surface area contributed by atoms with E-state index in [1.165, 1.54) is 10.4 Å². The van der Waals surface area contributed by atoms with Crippen molar-refractivity contribution in [3.05, 3.63) is 65.9 Å². The van der Waals surface area contributed by atoms with Crippen LogP contribution in [0.1, 0.15) is 33.7 Å². The lowest BCUT2D eigenvalue weighted by Gasteiger charge is -2.28. The summed E-state index contributed by atoms with van der Waals surface area (Å²) in [6, 6.07) is 15.6. The van der Waals surface area contributed by atoms with E-state index in [2.05, 4.69) is 15.6 Å². The van der Waals surface area contributed by atoms with Crippen molar-refractivity contribution in [3.8, 4) is 0 Å². The van der Waals surface area contributed by atoms with Crippen molar-refractivity contribution in [1.82, 2.24) is 4.98 Å². The number of aromatic nitrogens is 1. The minimum Gasteiger partial charge on any atom is -0.364 e. The average molecular weight is 472 g/mol. The predicted molar refractivity (Wildman–Crippen MR) is 125 cm³/mol. The maximum atomic E-state index is 12.9. The Morgan fingerprint density at radius 1 is 1.06 bits per heavy atom. The Labute approximate surface area is 189 Å². The minimum absolute atomic E-state index is 0.0588. The Morgan fingerprint density at radius 2 is 1.84 bits per heavy atom. The molecule has 1 fully saturated rings. The Kier molecular flexibility index (Phi) is 6.10. The van der Waals surface area contributed by atoms with E-state index in [9.17, 15) is 18.0 Å². The molecule has 9 nitrogen and oxygen atoms in total. The number of benzene rings is 2. The Bertz CT molecular complexity index is 1260. The van der Waals surface area contributed by atoms with Crippen molar-refractivity contribution >= 4 is 54.7 Å². The van der Waals surface area contributed by atoms with Crippen LogP contribution >= 0.6 is 11.3 Å². The Balaban J connectivity index is 1.57. The zero-order valence-corrected chi connectivity index (χ0v) is 18.6. The topological polar surface area (TPSA) is 134 Å².